The van der Waals surface area contributed by atoms with Gasteiger partial charge in [-0.15, -0.1) is 11.3 Å². The lowest BCUT2D eigenvalue weighted by Crippen LogP contribution is -2.47. The average Bonchev–Trinajstić information content (AvgIpc) is 3.27. The smallest absolute Gasteiger partial charge is 0.346 e. The van der Waals surface area contributed by atoms with Crippen LogP contribution in [0.3, 0.4) is 0 Å². The molecule has 6 N–H and O–H groups in total. The summed E-state index contributed by atoms with van der Waals surface area (Å²) in [6.07, 6.45) is -1.21. The Morgan fingerprint density at radius 3 is 2.45 bits per heavy atom. The number of ether oxygens (including phenoxy) is 1. The number of rotatable bonds is 8. The van der Waals surface area contributed by atoms with Crippen molar-refractivity contribution in [2.75, 3.05) is 30.4 Å². The van der Waals surface area contributed by atoms with Gasteiger partial charge in [0.1, 0.15) is 16.5 Å². The van der Waals surface area contributed by atoms with Crippen LogP contribution in [0, 0.1) is 0 Å². The van der Waals surface area contributed by atoms with E-state index in [1.165, 1.54) is 17.0 Å². The van der Waals surface area contributed by atoms with Crippen LogP contribution in [0.2, 0.25) is 5.02 Å². The molecule has 14 heteroatoms. The zero-order valence-corrected chi connectivity index (χ0v) is 23.9. The van der Waals surface area contributed by atoms with E-state index in [1.807, 2.05) is 0 Å². The van der Waals surface area contributed by atoms with Gasteiger partial charge in [-0.1, -0.05) is 39.7 Å². The van der Waals surface area contributed by atoms with E-state index in [2.05, 4.69) is 21.2 Å². The van der Waals surface area contributed by atoms with Gasteiger partial charge in [-0.2, -0.15) is 0 Å². The summed E-state index contributed by atoms with van der Waals surface area (Å²) in [6, 6.07) is 13.0. The molecule has 1 aromatic heterocycles. The van der Waals surface area contributed by atoms with Crippen molar-refractivity contribution in [3.8, 4) is 5.75 Å². The number of para-hydroxylation sites is 2. The van der Waals surface area contributed by atoms with E-state index in [-0.39, 0.29) is 33.8 Å². The van der Waals surface area contributed by atoms with E-state index in [4.69, 9.17) is 27.8 Å². The van der Waals surface area contributed by atoms with Crippen molar-refractivity contribution in [1.29, 1.82) is 0 Å². The summed E-state index contributed by atoms with van der Waals surface area (Å²) < 4.78 is 31.3. The lowest BCUT2D eigenvalue weighted by Gasteiger charge is -2.32. The number of thiophene rings is 1. The first-order valence-electron chi connectivity index (χ1n) is 11.2. The molecular weight excluding hydrogens is 620 g/mol. The maximum absolute atomic E-state index is 13.3. The third-order valence-electron chi connectivity index (χ3n) is 5.24. The van der Waals surface area contributed by atoms with Crippen LogP contribution in [0.4, 0.5) is 5.69 Å². The molecule has 38 heavy (non-hydrogen) atoms. The molecule has 0 spiro atoms. The Labute approximate surface area is 237 Å². The van der Waals surface area contributed by atoms with Crippen LogP contribution in [0.1, 0.15) is 15.2 Å². The third kappa shape index (κ3) is 7.32. The van der Waals surface area contributed by atoms with Crippen LogP contribution in [-0.2, 0) is 21.2 Å². The number of carboxylic acid groups (broad SMARTS) is 1. The number of halogens is 2. The second kappa shape index (κ2) is 13.5. The molecule has 1 unspecified atom stereocenters. The van der Waals surface area contributed by atoms with Gasteiger partial charge in [-0.05, 0) is 47.3 Å². The maximum Gasteiger partial charge on any atom is 0.346 e. The highest BCUT2D eigenvalue weighted by Gasteiger charge is 2.35. The third-order valence-corrected chi connectivity index (χ3v) is 8.90. The Morgan fingerprint density at radius 2 is 1.82 bits per heavy atom. The highest BCUT2D eigenvalue weighted by atomic mass is 79.9. The molecule has 10 nitrogen and oxygen atoms in total. The molecule has 2 heterocycles. The zero-order valence-electron chi connectivity index (χ0n) is 20.0. The van der Waals surface area contributed by atoms with Crippen molar-refractivity contribution in [2.45, 2.75) is 17.5 Å². The first-order valence-corrected chi connectivity index (χ1v) is 14.9. The molecule has 0 radical (unpaired) electrons. The fourth-order valence-electron chi connectivity index (χ4n) is 3.37. The van der Waals surface area contributed by atoms with Gasteiger partial charge < -0.3 is 21.3 Å². The van der Waals surface area contributed by atoms with Gasteiger partial charge in [0.05, 0.1) is 22.2 Å². The normalized spacial score (nSPS) is 14.6. The SMILES string of the molecule is NCCN.O=C(O)C1CN(C(=O)c2scc(CNCS(=O)(=O)c3ccc(Br)cc3)c2Cl)c2ccccc2O1. The number of nitrogens with one attached hydrogen (secondary N) is 1. The van der Waals surface area contributed by atoms with Crippen molar-refractivity contribution in [1.82, 2.24) is 5.32 Å². The molecule has 3 aromatic rings. The molecule has 204 valence electrons. The lowest BCUT2D eigenvalue weighted by atomic mass is 10.1. The molecule has 1 aliphatic rings. The highest BCUT2D eigenvalue weighted by Crippen LogP contribution is 2.37. The van der Waals surface area contributed by atoms with Gasteiger partial charge in [-0.3, -0.25) is 15.0 Å². The number of hydrogen-bond donors (Lipinski definition) is 4. The number of nitrogens with two attached hydrogens (primary N) is 2. The maximum atomic E-state index is 13.3. The average molecular weight is 646 g/mol. The number of carboxylic acids is 1. The Bertz CT molecular complexity index is 1380. The number of amides is 1. The van der Waals surface area contributed by atoms with E-state index in [0.29, 0.717) is 30.1 Å². The number of carbonyl (C=O) groups is 2. The summed E-state index contributed by atoms with van der Waals surface area (Å²) in [6.45, 7) is 1.16. The molecule has 0 saturated carbocycles. The van der Waals surface area contributed by atoms with E-state index >= 15 is 0 Å². The van der Waals surface area contributed by atoms with Crippen molar-refractivity contribution in [2.24, 2.45) is 11.5 Å². The molecule has 1 amide bonds. The van der Waals surface area contributed by atoms with Gasteiger partial charge >= 0.3 is 5.97 Å². The summed E-state index contributed by atoms with van der Waals surface area (Å²) in [5, 5.41) is 14.1. The van der Waals surface area contributed by atoms with Gasteiger partial charge in [0.15, 0.2) is 9.84 Å². The van der Waals surface area contributed by atoms with Crippen molar-refractivity contribution >= 4 is 66.3 Å². The van der Waals surface area contributed by atoms with Gasteiger partial charge in [-0.25, -0.2) is 13.2 Å². The summed E-state index contributed by atoms with van der Waals surface area (Å²) in [7, 11) is -3.55. The fraction of sp³-hybridized carbons (Fsp3) is 0.250. The monoisotopic (exact) mass is 644 g/mol. The second-order valence-electron chi connectivity index (χ2n) is 7.95. The number of nitrogens with zero attached hydrogens (tertiary/aromatic N) is 1. The van der Waals surface area contributed by atoms with Crippen molar-refractivity contribution in [3.05, 3.63) is 73.8 Å². The minimum Gasteiger partial charge on any atom is -0.478 e. The summed E-state index contributed by atoms with van der Waals surface area (Å²) in [5.41, 5.74) is 10.8. The number of hydrogen-bond acceptors (Lipinski definition) is 9. The lowest BCUT2D eigenvalue weighted by molar-refractivity contribution is -0.144. The van der Waals surface area contributed by atoms with Crippen molar-refractivity contribution in [3.63, 3.8) is 0 Å². The fourth-order valence-corrected chi connectivity index (χ4v) is 6.03. The molecular formula is C24H26BrClN4O6S2. The predicted molar refractivity (Wildman–Crippen MR) is 151 cm³/mol. The molecule has 0 aliphatic carbocycles. The molecule has 0 fully saturated rings. The summed E-state index contributed by atoms with van der Waals surface area (Å²) in [4.78, 5) is 26.6. The number of anilines is 1. The Hall–Kier alpha value is -2.52. The molecule has 4 rings (SSSR count). The summed E-state index contributed by atoms with van der Waals surface area (Å²) >= 11 is 10.9. The zero-order chi connectivity index (χ0) is 27.9. The number of benzene rings is 2. The largest absolute Gasteiger partial charge is 0.478 e. The van der Waals surface area contributed by atoms with E-state index in [9.17, 15) is 23.1 Å². The first kappa shape index (κ1) is 30.0. The number of fused-ring (bicyclic) bond motifs is 1. The van der Waals surface area contributed by atoms with Crippen LogP contribution < -0.4 is 26.4 Å². The molecule has 1 aliphatic heterocycles. The Balaban J connectivity index is 0.000000934. The van der Waals surface area contributed by atoms with Gasteiger partial charge in [0.2, 0.25) is 6.10 Å². The number of carbonyl (C=O) groups excluding carboxylic acids is 1. The quantitative estimate of drug-likeness (QED) is 0.288. The van der Waals surface area contributed by atoms with E-state index in [0.717, 1.165) is 15.8 Å². The van der Waals surface area contributed by atoms with Crippen LogP contribution in [-0.4, -0.2) is 57.0 Å². The Kier molecular flexibility index (Phi) is 10.7. The standard InChI is InChI=1S/C22H18BrClN2O6S2.C2H8N2/c23-14-5-7-15(8-6-14)34(30,31)12-25-9-13-11-33-20(19(13)24)21(27)26-10-18(22(28)29)32-17-4-2-1-3-16(17)26;3-1-2-4/h1-8,11,18,25H,9-10,12H2,(H,28,29);1-4H2. The summed E-state index contributed by atoms with van der Waals surface area (Å²) in [5.74, 6) is -1.64. The molecule has 0 saturated heterocycles. The topological polar surface area (TPSA) is 165 Å². The van der Waals surface area contributed by atoms with E-state index < -0.39 is 27.8 Å². The molecule has 1 atom stereocenters. The van der Waals surface area contributed by atoms with Crippen LogP contribution in [0.5, 0.6) is 5.75 Å². The van der Waals surface area contributed by atoms with Crippen LogP contribution in [0.25, 0.3) is 0 Å². The second-order valence-corrected chi connectivity index (χ2v) is 12.1. The minimum absolute atomic E-state index is 0.135. The molecule has 2 aromatic carbocycles. The highest BCUT2D eigenvalue weighted by molar-refractivity contribution is 9.10. The van der Waals surface area contributed by atoms with Crippen LogP contribution in [0.15, 0.2) is 63.3 Å². The predicted octanol–water partition coefficient (Wildman–Crippen LogP) is 3.08. The van der Waals surface area contributed by atoms with Gasteiger partial charge in [0.25, 0.3) is 5.91 Å². The number of sulfone groups is 1. The van der Waals surface area contributed by atoms with Crippen LogP contribution >= 0.6 is 38.9 Å². The Morgan fingerprint density at radius 1 is 1.16 bits per heavy atom. The number of aliphatic carboxylic acids is 1. The first-order chi connectivity index (χ1) is 18.1. The minimum atomic E-state index is -3.55. The van der Waals surface area contributed by atoms with E-state index in [1.54, 1.807) is 41.8 Å². The van der Waals surface area contributed by atoms with Gasteiger partial charge in [0, 0.05) is 24.1 Å². The van der Waals surface area contributed by atoms with Crippen molar-refractivity contribution < 1.29 is 27.9 Å². The molecule has 0 bridgehead atoms.